The molecule has 0 heterocycles. The van der Waals surface area contributed by atoms with Crippen molar-refractivity contribution in [1.82, 2.24) is 0 Å². The number of hydrogen-bond acceptors (Lipinski definition) is 2. The molecule has 1 aromatic carbocycles. The lowest BCUT2D eigenvalue weighted by Crippen LogP contribution is -2.30. The molecule has 0 saturated heterocycles. The summed E-state index contributed by atoms with van der Waals surface area (Å²) in [6, 6.07) is 7.67. The summed E-state index contributed by atoms with van der Waals surface area (Å²) < 4.78 is 0. The third kappa shape index (κ3) is 3.69. The Bertz CT molecular complexity index is 352. The van der Waals surface area contributed by atoms with Crippen molar-refractivity contribution in [3.8, 4) is 0 Å². The molecule has 0 amide bonds. The molecule has 0 aromatic heterocycles. The van der Waals surface area contributed by atoms with Crippen LogP contribution < -0.4 is 5.32 Å². The molecule has 0 radical (unpaired) electrons. The van der Waals surface area contributed by atoms with E-state index in [0.717, 1.165) is 24.1 Å². The van der Waals surface area contributed by atoms with Crippen LogP contribution in [0.15, 0.2) is 24.3 Å². The molecule has 1 N–H and O–H groups in total. The molecular formula is C14H21NO. The van der Waals surface area contributed by atoms with Crippen LogP contribution in [0.5, 0.6) is 0 Å². The molecule has 2 nitrogen and oxygen atoms in total. The highest BCUT2D eigenvalue weighted by Crippen LogP contribution is 2.19. The first-order chi connectivity index (χ1) is 7.44. The topological polar surface area (TPSA) is 29.1 Å². The summed E-state index contributed by atoms with van der Waals surface area (Å²) in [4.78, 5) is 11.1. The zero-order valence-corrected chi connectivity index (χ0v) is 10.6. The Morgan fingerprint density at radius 2 is 1.81 bits per heavy atom. The van der Waals surface area contributed by atoms with Gasteiger partial charge in [-0.15, -0.1) is 0 Å². The Morgan fingerprint density at radius 1 is 1.25 bits per heavy atom. The molecule has 1 rings (SSSR count). The van der Waals surface area contributed by atoms with Gasteiger partial charge in [-0.3, -0.25) is 4.79 Å². The molecule has 88 valence electrons. The number of carbonyl (C=O) groups excluding carboxylic acids is 1. The van der Waals surface area contributed by atoms with E-state index in [1.165, 1.54) is 0 Å². The second-order valence-corrected chi connectivity index (χ2v) is 4.89. The molecule has 0 aliphatic heterocycles. The van der Waals surface area contributed by atoms with Crippen LogP contribution in [0.3, 0.4) is 0 Å². The minimum atomic E-state index is 0.104. The largest absolute Gasteiger partial charge is 0.380 e. The minimum Gasteiger partial charge on any atom is -0.380 e. The summed E-state index contributed by atoms with van der Waals surface area (Å²) in [5, 5.41) is 3.47. The van der Waals surface area contributed by atoms with Gasteiger partial charge in [0.05, 0.1) is 0 Å². The molecule has 0 aliphatic rings. The second-order valence-electron chi connectivity index (χ2n) is 4.89. The maximum absolute atomic E-state index is 11.1. The van der Waals surface area contributed by atoms with Gasteiger partial charge in [0.25, 0.3) is 0 Å². The van der Waals surface area contributed by atoms with Gasteiger partial charge in [-0.1, -0.05) is 13.3 Å². The van der Waals surface area contributed by atoms with Gasteiger partial charge in [0.15, 0.2) is 5.78 Å². The van der Waals surface area contributed by atoms with Gasteiger partial charge < -0.3 is 5.32 Å². The fraction of sp³-hybridized carbons (Fsp3) is 0.500. The normalized spacial score (nSPS) is 11.2. The van der Waals surface area contributed by atoms with E-state index < -0.39 is 0 Å². The smallest absolute Gasteiger partial charge is 0.159 e. The van der Waals surface area contributed by atoms with Crippen molar-refractivity contribution in [2.75, 3.05) is 5.32 Å². The Morgan fingerprint density at radius 3 is 2.25 bits per heavy atom. The van der Waals surface area contributed by atoms with Crippen molar-refractivity contribution in [2.45, 2.75) is 46.1 Å². The highest BCUT2D eigenvalue weighted by Gasteiger charge is 2.15. The van der Waals surface area contributed by atoms with Gasteiger partial charge in [0, 0.05) is 16.8 Å². The molecule has 0 aliphatic carbocycles. The van der Waals surface area contributed by atoms with E-state index in [2.05, 4.69) is 26.1 Å². The van der Waals surface area contributed by atoms with Gasteiger partial charge in [0.1, 0.15) is 0 Å². The van der Waals surface area contributed by atoms with Gasteiger partial charge >= 0.3 is 0 Å². The number of carbonyl (C=O) groups is 1. The number of anilines is 1. The predicted molar refractivity (Wildman–Crippen MR) is 69.1 cm³/mol. The third-order valence-electron chi connectivity index (χ3n) is 2.65. The number of ketones is 1. The molecule has 0 spiro atoms. The summed E-state index contributed by atoms with van der Waals surface area (Å²) in [7, 11) is 0. The molecule has 0 atom stereocenters. The average molecular weight is 219 g/mol. The highest BCUT2D eigenvalue weighted by molar-refractivity contribution is 5.94. The van der Waals surface area contributed by atoms with Crippen molar-refractivity contribution in [2.24, 2.45) is 0 Å². The molecule has 0 unspecified atom stereocenters. The van der Waals surface area contributed by atoms with E-state index in [9.17, 15) is 4.79 Å². The third-order valence-corrected chi connectivity index (χ3v) is 2.65. The summed E-state index contributed by atoms with van der Waals surface area (Å²) in [6.45, 7) is 8.15. The monoisotopic (exact) mass is 219 g/mol. The number of Topliss-reactive ketones (excluding diaryl/α,β-unsaturated/α-hetero) is 1. The average Bonchev–Trinajstić information content (AvgIpc) is 2.17. The van der Waals surface area contributed by atoms with Gasteiger partial charge in [-0.25, -0.2) is 0 Å². The lowest BCUT2D eigenvalue weighted by Gasteiger charge is -2.27. The first-order valence-corrected chi connectivity index (χ1v) is 5.84. The van der Waals surface area contributed by atoms with Crippen LogP contribution in [0.25, 0.3) is 0 Å². The number of benzene rings is 1. The SMILES string of the molecule is CCCC(C)(C)Nc1ccc(C(C)=O)cc1. The van der Waals surface area contributed by atoms with Crippen LogP contribution in [0, 0.1) is 0 Å². The van der Waals surface area contributed by atoms with Crippen LogP contribution in [-0.4, -0.2) is 11.3 Å². The van der Waals surface area contributed by atoms with Crippen LogP contribution in [0.4, 0.5) is 5.69 Å². The van der Waals surface area contributed by atoms with Crippen molar-refractivity contribution in [1.29, 1.82) is 0 Å². The molecule has 1 aromatic rings. The maximum atomic E-state index is 11.1. The predicted octanol–water partition coefficient (Wildman–Crippen LogP) is 3.88. The van der Waals surface area contributed by atoms with Crippen LogP contribution >= 0.6 is 0 Å². The lowest BCUT2D eigenvalue weighted by molar-refractivity contribution is 0.101. The first-order valence-electron chi connectivity index (χ1n) is 5.84. The molecule has 16 heavy (non-hydrogen) atoms. The molecule has 0 fully saturated rings. The lowest BCUT2D eigenvalue weighted by atomic mass is 9.98. The molecule has 0 saturated carbocycles. The summed E-state index contributed by atoms with van der Waals surface area (Å²) in [5.74, 6) is 0.111. The number of hydrogen-bond donors (Lipinski definition) is 1. The standard InChI is InChI=1S/C14H21NO/c1-5-10-14(3,4)15-13-8-6-12(7-9-13)11(2)16/h6-9,15H,5,10H2,1-4H3. The highest BCUT2D eigenvalue weighted by atomic mass is 16.1. The van der Waals surface area contributed by atoms with Crippen molar-refractivity contribution < 1.29 is 4.79 Å². The Hall–Kier alpha value is -1.31. The van der Waals surface area contributed by atoms with Gasteiger partial charge in [0.2, 0.25) is 0 Å². The summed E-state index contributed by atoms with van der Waals surface area (Å²) >= 11 is 0. The molecule has 0 bridgehead atoms. The molecule has 2 heteroatoms. The van der Waals surface area contributed by atoms with E-state index in [1.54, 1.807) is 6.92 Å². The summed E-state index contributed by atoms with van der Waals surface area (Å²) in [6.07, 6.45) is 2.28. The maximum Gasteiger partial charge on any atom is 0.159 e. The fourth-order valence-electron chi connectivity index (χ4n) is 1.87. The first kappa shape index (κ1) is 12.8. The molecular weight excluding hydrogens is 198 g/mol. The Labute approximate surface area is 98.1 Å². The van der Waals surface area contributed by atoms with E-state index in [-0.39, 0.29) is 11.3 Å². The van der Waals surface area contributed by atoms with E-state index in [1.807, 2.05) is 24.3 Å². The van der Waals surface area contributed by atoms with Crippen LogP contribution in [0.1, 0.15) is 50.9 Å². The van der Waals surface area contributed by atoms with Crippen molar-refractivity contribution in [3.05, 3.63) is 29.8 Å². The minimum absolute atomic E-state index is 0.104. The van der Waals surface area contributed by atoms with E-state index in [0.29, 0.717) is 0 Å². The number of nitrogens with one attached hydrogen (secondary N) is 1. The van der Waals surface area contributed by atoms with Crippen LogP contribution in [0.2, 0.25) is 0 Å². The Kier molecular flexibility index (Phi) is 4.11. The van der Waals surface area contributed by atoms with Crippen molar-refractivity contribution in [3.63, 3.8) is 0 Å². The van der Waals surface area contributed by atoms with Gasteiger partial charge in [-0.05, 0) is 51.5 Å². The second kappa shape index (κ2) is 5.15. The zero-order chi connectivity index (χ0) is 12.2. The Balaban J connectivity index is 2.72. The van der Waals surface area contributed by atoms with Crippen LogP contribution in [-0.2, 0) is 0 Å². The summed E-state index contributed by atoms with van der Waals surface area (Å²) in [5.41, 5.74) is 1.94. The zero-order valence-electron chi connectivity index (χ0n) is 10.6. The number of rotatable bonds is 5. The quantitative estimate of drug-likeness (QED) is 0.761. The fourth-order valence-corrected chi connectivity index (χ4v) is 1.87. The van der Waals surface area contributed by atoms with E-state index >= 15 is 0 Å². The van der Waals surface area contributed by atoms with Crippen molar-refractivity contribution >= 4 is 11.5 Å². The van der Waals surface area contributed by atoms with E-state index in [4.69, 9.17) is 0 Å². The van der Waals surface area contributed by atoms with Gasteiger partial charge in [-0.2, -0.15) is 0 Å².